The number of rotatable bonds is 8. The second kappa shape index (κ2) is 10.8. The number of imidazole rings is 1. The predicted octanol–water partition coefficient (Wildman–Crippen LogP) is 4.03. The van der Waals surface area contributed by atoms with Crippen LogP contribution in [0.15, 0.2) is 41.8 Å². The molecule has 4 aromatic rings. The molecule has 0 unspecified atom stereocenters. The molecule has 3 aromatic heterocycles. The van der Waals surface area contributed by atoms with Gasteiger partial charge in [0, 0.05) is 18.3 Å². The number of nitrogens with zero attached hydrogens (tertiary/aromatic N) is 5. The summed E-state index contributed by atoms with van der Waals surface area (Å²) in [5.41, 5.74) is 2.93. The zero-order valence-electron chi connectivity index (χ0n) is 20.7. The third kappa shape index (κ3) is 6.85. The van der Waals surface area contributed by atoms with Crippen molar-refractivity contribution in [3.8, 4) is 0 Å². The largest absolute Gasteiger partial charge is 0.444 e. The van der Waals surface area contributed by atoms with E-state index in [1.807, 2.05) is 64.1 Å². The van der Waals surface area contributed by atoms with E-state index < -0.39 is 11.7 Å². The van der Waals surface area contributed by atoms with Crippen LogP contribution in [-0.2, 0) is 24.2 Å². The lowest BCUT2D eigenvalue weighted by Crippen LogP contribution is -2.38. The molecule has 10 nitrogen and oxygen atoms in total. The van der Waals surface area contributed by atoms with Crippen molar-refractivity contribution < 1.29 is 14.3 Å². The number of para-hydroxylation sites is 2. The number of carbonyl (C=O) groups is 2. The van der Waals surface area contributed by atoms with Crippen LogP contribution in [0.4, 0.5) is 4.79 Å². The molecule has 188 valence electrons. The highest BCUT2D eigenvalue weighted by molar-refractivity contribution is 7.09. The first-order valence-corrected chi connectivity index (χ1v) is 12.5. The molecule has 1 aromatic carbocycles. The molecule has 0 saturated carbocycles. The molecular weight excluding hydrogens is 478 g/mol. The highest BCUT2D eigenvalue weighted by Gasteiger charge is 2.24. The Morgan fingerprint density at radius 3 is 2.64 bits per heavy atom. The topological polar surface area (TPSA) is 126 Å². The van der Waals surface area contributed by atoms with Crippen LogP contribution in [0.25, 0.3) is 11.0 Å². The second-order valence-corrected chi connectivity index (χ2v) is 10.3. The van der Waals surface area contributed by atoms with Gasteiger partial charge >= 0.3 is 6.09 Å². The molecular formula is C25H29N7O3S. The van der Waals surface area contributed by atoms with E-state index in [-0.39, 0.29) is 19.0 Å². The lowest BCUT2D eigenvalue weighted by atomic mass is 10.2. The molecule has 0 aliphatic carbocycles. The first-order chi connectivity index (χ1) is 17.2. The van der Waals surface area contributed by atoms with E-state index in [0.29, 0.717) is 30.2 Å². The van der Waals surface area contributed by atoms with Gasteiger partial charge in [0.1, 0.15) is 17.1 Å². The molecule has 0 fully saturated rings. The molecule has 36 heavy (non-hydrogen) atoms. The average molecular weight is 508 g/mol. The number of hydrogen-bond donors (Lipinski definition) is 2. The fraction of sp³-hybridized carbons (Fsp3) is 0.360. The highest BCUT2D eigenvalue weighted by atomic mass is 32.1. The third-order valence-electron chi connectivity index (χ3n) is 5.09. The van der Waals surface area contributed by atoms with E-state index in [1.165, 1.54) is 11.3 Å². The summed E-state index contributed by atoms with van der Waals surface area (Å²) in [6, 6.07) is 11.4. The standard InChI is InChI=1S/C25H29N7O3S/c1-16-9-10-17(31-30-16)13-26-23(33)20-15-36-22(29-20)11-12-32(24(34)35-25(2,3)4)14-21-27-18-7-5-6-8-19(18)28-21/h5-10,15H,11-14H2,1-4H3,(H,26,33)(H,27,28). The van der Waals surface area contributed by atoms with Crippen LogP contribution in [0.3, 0.4) is 0 Å². The maximum absolute atomic E-state index is 12.9. The van der Waals surface area contributed by atoms with Gasteiger partial charge in [-0.3, -0.25) is 4.79 Å². The van der Waals surface area contributed by atoms with E-state index in [1.54, 1.807) is 10.3 Å². The lowest BCUT2D eigenvalue weighted by molar-refractivity contribution is 0.0231. The van der Waals surface area contributed by atoms with Gasteiger partial charge in [-0.2, -0.15) is 10.2 Å². The van der Waals surface area contributed by atoms with Crippen molar-refractivity contribution in [2.24, 2.45) is 0 Å². The fourth-order valence-corrected chi connectivity index (χ4v) is 4.13. The molecule has 2 N–H and O–H groups in total. The molecule has 11 heteroatoms. The number of fused-ring (bicyclic) bond motifs is 1. The zero-order valence-corrected chi connectivity index (χ0v) is 21.6. The quantitative estimate of drug-likeness (QED) is 0.369. The van der Waals surface area contributed by atoms with Crippen molar-refractivity contribution in [2.45, 2.75) is 52.8 Å². The SMILES string of the molecule is Cc1ccc(CNC(=O)c2csc(CCN(Cc3nc4ccccc4[nH]3)C(=O)OC(C)(C)C)n2)nn1. The van der Waals surface area contributed by atoms with E-state index >= 15 is 0 Å². The van der Waals surface area contributed by atoms with Crippen LogP contribution >= 0.6 is 11.3 Å². The second-order valence-electron chi connectivity index (χ2n) is 9.33. The van der Waals surface area contributed by atoms with Crippen molar-refractivity contribution in [2.75, 3.05) is 6.54 Å². The Balaban J connectivity index is 1.39. The summed E-state index contributed by atoms with van der Waals surface area (Å²) in [6.45, 7) is 8.24. The summed E-state index contributed by atoms with van der Waals surface area (Å²) < 4.78 is 5.61. The molecule has 0 atom stereocenters. The van der Waals surface area contributed by atoms with Gasteiger partial charge in [-0.15, -0.1) is 11.3 Å². The number of thiazole rings is 1. The van der Waals surface area contributed by atoms with E-state index in [9.17, 15) is 9.59 Å². The van der Waals surface area contributed by atoms with Crippen LogP contribution in [-0.4, -0.2) is 54.2 Å². The van der Waals surface area contributed by atoms with Crippen molar-refractivity contribution in [1.29, 1.82) is 0 Å². The highest BCUT2D eigenvalue weighted by Crippen LogP contribution is 2.17. The molecule has 4 rings (SSSR count). The van der Waals surface area contributed by atoms with E-state index in [4.69, 9.17) is 4.74 Å². The summed E-state index contributed by atoms with van der Waals surface area (Å²) in [4.78, 5) is 39.3. The minimum absolute atomic E-state index is 0.264. The lowest BCUT2D eigenvalue weighted by Gasteiger charge is -2.26. The van der Waals surface area contributed by atoms with E-state index in [2.05, 4.69) is 30.5 Å². The Labute approximate surface area is 213 Å². The number of H-pyrrole nitrogens is 1. The number of ether oxygens (including phenoxy) is 1. The van der Waals surface area contributed by atoms with Gasteiger partial charge in [-0.05, 0) is 52.0 Å². The monoisotopic (exact) mass is 507 g/mol. The first kappa shape index (κ1) is 25.2. The molecule has 0 radical (unpaired) electrons. The van der Waals surface area contributed by atoms with Gasteiger partial charge < -0.3 is 19.9 Å². The summed E-state index contributed by atoms with van der Waals surface area (Å²) in [5.74, 6) is 0.381. The van der Waals surface area contributed by atoms with Crippen molar-refractivity contribution in [3.63, 3.8) is 0 Å². The van der Waals surface area contributed by atoms with Crippen molar-refractivity contribution >= 4 is 34.4 Å². The molecule has 0 spiro atoms. The van der Waals surface area contributed by atoms with Gasteiger partial charge in [0.2, 0.25) is 0 Å². The number of amides is 2. The maximum Gasteiger partial charge on any atom is 0.410 e. The number of carbonyl (C=O) groups excluding carboxylic acids is 2. The number of aromatic amines is 1. The Morgan fingerprint density at radius 1 is 1.11 bits per heavy atom. The average Bonchev–Trinajstić information content (AvgIpc) is 3.46. The minimum atomic E-state index is -0.628. The molecule has 2 amide bonds. The fourth-order valence-electron chi connectivity index (χ4n) is 3.37. The normalized spacial score (nSPS) is 11.4. The summed E-state index contributed by atoms with van der Waals surface area (Å²) >= 11 is 1.38. The summed E-state index contributed by atoms with van der Waals surface area (Å²) in [7, 11) is 0. The van der Waals surface area contributed by atoms with Crippen LogP contribution in [0, 0.1) is 6.92 Å². The maximum atomic E-state index is 12.9. The van der Waals surface area contributed by atoms with Crippen LogP contribution in [0.5, 0.6) is 0 Å². The third-order valence-corrected chi connectivity index (χ3v) is 6.00. The number of aromatic nitrogens is 5. The van der Waals surface area contributed by atoms with Gasteiger partial charge in [-0.1, -0.05) is 12.1 Å². The smallest absolute Gasteiger partial charge is 0.410 e. The molecule has 0 bridgehead atoms. The Morgan fingerprint density at radius 2 is 1.92 bits per heavy atom. The Bertz CT molecular complexity index is 1310. The predicted molar refractivity (Wildman–Crippen MR) is 136 cm³/mol. The molecule has 0 aliphatic rings. The van der Waals surface area contributed by atoms with Crippen LogP contribution < -0.4 is 5.32 Å². The van der Waals surface area contributed by atoms with Gasteiger partial charge in [0.25, 0.3) is 5.91 Å². The van der Waals surface area contributed by atoms with Crippen LogP contribution in [0.2, 0.25) is 0 Å². The first-order valence-electron chi connectivity index (χ1n) is 11.6. The summed E-state index contributed by atoms with van der Waals surface area (Å²) in [6.07, 6.45) is 0.0394. The minimum Gasteiger partial charge on any atom is -0.444 e. The number of hydrogen-bond acceptors (Lipinski definition) is 8. The number of aryl methyl sites for hydroxylation is 1. The van der Waals surface area contributed by atoms with E-state index in [0.717, 1.165) is 21.7 Å². The van der Waals surface area contributed by atoms with Crippen LogP contribution in [0.1, 0.15) is 53.5 Å². The molecule has 0 aliphatic heterocycles. The number of benzene rings is 1. The summed E-state index contributed by atoms with van der Waals surface area (Å²) in [5, 5.41) is 13.3. The molecule has 0 saturated heterocycles. The molecule has 3 heterocycles. The van der Waals surface area contributed by atoms with Crippen molar-refractivity contribution in [1.82, 2.24) is 35.4 Å². The number of nitrogens with one attached hydrogen (secondary N) is 2. The van der Waals surface area contributed by atoms with Crippen molar-refractivity contribution in [3.05, 3.63) is 69.7 Å². The van der Waals surface area contributed by atoms with Gasteiger partial charge in [-0.25, -0.2) is 14.8 Å². The Hall–Kier alpha value is -3.86. The zero-order chi connectivity index (χ0) is 25.7. The van der Waals surface area contributed by atoms with Gasteiger partial charge in [0.05, 0.1) is 40.5 Å². The van der Waals surface area contributed by atoms with Gasteiger partial charge in [0.15, 0.2) is 0 Å². The Kier molecular flexibility index (Phi) is 7.58.